The summed E-state index contributed by atoms with van der Waals surface area (Å²) in [6.45, 7) is 4.13. The van der Waals surface area contributed by atoms with Crippen molar-refractivity contribution in [2.75, 3.05) is 18.4 Å². The average Bonchev–Trinajstić information content (AvgIpc) is 2.91. The number of fused-ring (bicyclic) bond motifs is 1. The molecule has 1 aliphatic rings. The Morgan fingerprint density at radius 1 is 1.43 bits per heavy atom. The summed E-state index contributed by atoms with van der Waals surface area (Å²) in [5, 5.41) is 5.76. The van der Waals surface area contributed by atoms with Gasteiger partial charge in [-0.2, -0.15) is 0 Å². The molecule has 5 heteroatoms. The summed E-state index contributed by atoms with van der Waals surface area (Å²) in [6, 6.07) is 7.72. The van der Waals surface area contributed by atoms with Crippen LogP contribution in [0.15, 0.2) is 29.6 Å². The molecule has 0 unspecified atom stereocenters. The summed E-state index contributed by atoms with van der Waals surface area (Å²) in [6.07, 6.45) is 1.04. The Labute approximate surface area is 133 Å². The highest BCUT2D eigenvalue weighted by atomic mass is 35.5. The molecule has 1 aliphatic heterocycles. The Morgan fingerprint density at radius 3 is 3.14 bits per heavy atom. The highest BCUT2D eigenvalue weighted by Gasteiger charge is 2.19. The number of nitrogens with zero attached hydrogens (tertiary/aromatic N) is 1. The van der Waals surface area contributed by atoms with E-state index in [0.29, 0.717) is 11.6 Å². The first-order valence-electron chi connectivity index (χ1n) is 6.96. The van der Waals surface area contributed by atoms with Crippen LogP contribution in [0.2, 0.25) is 5.02 Å². The number of carbonyl (C=O) groups is 1. The molecule has 0 bridgehead atoms. The molecule has 3 rings (SSSR count). The van der Waals surface area contributed by atoms with E-state index in [1.165, 1.54) is 10.4 Å². The molecule has 0 radical (unpaired) electrons. The number of benzene rings is 1. The first kappa shape index (κ1) is 14.6. The summed E-state index contributed by atoms with van der Waals surface area (Å²) < 4.78 is 0. The van der Waals surface area contributed by atoms with Gasteiger partial charge in [0.15, 0.2) is 0 Å². The Kier molecular flexibility index (Phi) is 4.29. The summed E-state index contributed by atoms with van der Waals surface area (Å²) in [4.78, 5) is 15.8. The van der Waals surface area contributed by atoms with Crippen molar-refractivity contribution in [1.82, 2.24) is 4.90 Å². The van der Waals surface area contributed by atoms with E-state index in [1.807, 2.05) is 36.5 Å². The maximum absolute atomic E-state index is 12.2. The average molecular weight is 321 g/mol. The van der Waals surface area contributed by atoms with Crippen LogP contribution in [0.4, 0.5) is 5.69 Å². The Balaban J connectivity index is 1.61. The molecule has 0 aliphatic carbocycles. The second-order valence-corrected chi connectivity index (χ2v) is 6.70. The van der Waals surface area contributed by atoms with Gasteiger partial charge in [0.25, 0.3) is 0 Å². The Morgan fingerprint density at radius 2 is 2.29 bits per heavy atom. The van der Waals surface area contributed by atoms with Crippen molar-refractivity contribution in [2.24, 2.45) is 0 Å². The van der Waals surface area contributed by atoms with Crippen molar-refractivity contribution >= 4 is 34.5 Å². The summed E-state index contributed by atoms with van der Waals surface area (Å²) >= 11 is 7.88. The number of hydrogen-bond acceptors (Lipinski definition) is 3. The number of amides is 1. The number of carbonyl (C=O) groups excluding carboxylic acids is 1. The third-order valence-corrected chi connectivity index (χ3v) is 5.23. The molecule has 0 saturated carbocycles. The van der Waals surface area contributed by atoms with E-state index >= 15 is 0 Å². The van der Waals surface area contributed by atoms with Crippen molar-refractivity contribution < 1.29 is 4.79 Å². The number of hydrogen-bond donors (Lipinski definition) is 1. The van der Waals surface area contributed by atoms with Gasteiger partial charge in [-0.05, 0) is 48.1 Å². The molecule has 1 aromatic carbocycles. The number of rotatable bonds is 3. The predicted molar refractivity (Wildman–Crippen MR) is 88.1 cm³/mol. The zero-order valence-corrected chi connectivity index (χ0v) is 13.4. The number of halogens is 1. The van der Waals surface area contributed by atoms with Crippen molar-refractivity contribution in [2.45, 2.75) is 19.9 Å². The van der Waals surface area contributed by atoms with E-state index < -0.39 is 0 Å². The van der Waals surface area contributed by atoms with Crippen LogP contribution in [-0.2, 0) is 17.8 Å². The lowest BCUT2D eigenvalue weighted by Gasteiger charge is -2.26. The largest absolute Gasteiger partial charge is 0.325 e. The lowest BCUT2D eigenvalue weighted by Crippen LogP contribution is -2.36. The van der Waals surface area contributed by atoms with E-state index in [2.05, 4.69) is 21.7 Å². The second-order valence-electron chi connectivity index (χ2n) is 5.29. The van der Waals surface area contributed by atoms with Gasteiger partial charge in [0, 0.05) is 28.7 Å². The highest BCUT2D eigenvalue weighted by molar-refractivity contribution is 7.10. The van der Waals surface area contributed by atoms with Crippen LogP contribution in [0.5, 0.6) is 0 Å². The molecule has 0 spiro atoms. The van der Waals surface area contributed by atoms with E-state index in [0.717, 1.165) is 30.8 Å². The predicted octanol–water partition coefficient (Wildman–Crippen LogP) is 3.71. The summed E-state index contributed by atoms with van der Waals surface area (Å²) in [7, 11) is 0. The highest BCUT2D eigenvalue weighted by Crippen LogP contribution is 2.25. The maximum atomic E-state index is 12.2. The van der Waals surface area contributed by atoms with Crippen LogP contribution in [-0.4, -0.2) is 23.9 Å². The monoisotopic (exact) mass is 320 g/mol. The van der Waals surface area contributed by atoms with Crippen LogP contribution in [0.25, 0.3) is 0 Å². The first-order chi connectivity index (χ1) is 10.1. The summed E-state index contributed by atoms with van der Waals surface area (Å²) in [5.41, 5.74) is 3.06. The molecule has 1 amide bonds. The van der Waals surface area contributed by atoms with E-state index in [9.17, 15) is 4.79 Å². The van der Waals surface area contributed by atoms with Crippen molar-refractivity contribution in [1.29, 1.82) is 0 Å². The molecule has 21 heavy (non-hydrogen) atoms. The maximum Gasteiger partial charge on any atom is 0.238 e. The van der Waals surface area contributed by atoms with Crippen LogP contribution in [0.3, 0.4) is 0 Å². The quantitative estimate of drug-likeness (QED) is 0.935. The molecular weight excluding hydrogens is 304 g/mol. The van der Waals surface area contributed by atoms with E-state index in [-0.39, 0.29) is 5.91 Å². The van der Waals surface area contributed by atoms with Gasteiger partial charge in [-0.1, -0.05) is 17.7 Å². The van der Waals surface area contributed by atoms with Crippen molar-refractivity contribution in [3.05, 3.63) is 50.7 Å². The fraction of sp³-hybridized carbons (Fsp3) is 0.312. The molecular formula is C16H17ClN2OS. The van der Waals surface area contributed by atoms with Gasteiger partial charge in [0.1, 0.15) is 0 Å². The topological polar surface area (TPSA) is 32.3 Å². The lowest BCUT2D eigenvalue weighted by molar-refractivity contribution is -0.117. The second kappa shape index (κ2) is 6.18. The molecule has 0 saturated heterocycles. The van der Waals surface area contributed by atoms with Crippen LogP contribution >= 0.6 is 22.9 Å². The number of anilines is 1. The molecule has 3 nitrogen and oxygen atoms in total. The number of nitrogens with one attached hydrogen (secondary N) is 1. The van der Waals surface area contributed by atoms with Gasteiger partial charge in [0.2, 0.25) is 5.91 Å². The molecule has 1 N–H and O–H groups in total. The van der Waals surface area contributed by atoms with E-state index in [4.69, 9.17) is 11.6 Å². The molecule has 2 aromatic rings. The molecule has 2 heterocycles. The van der Waals surface area contributed by atoms with Gasteiger partial charge < -0.3 is 5.32 Å². The van der Waals surface area contributed by atoms with Crippen LogP contribution < -0.4 is 5.32 Å². The van der Waals surface area contributed by atoms with Crippen LogP contribution in [0.1, 0.15) is 16.0 Å². The smallest absolute Gasteiger partial charge is 0.238 e. The molecule has 0 fully saturated rings. The van der Waals surface area contributed by atoms with Crippen molar-refractivity contribution in [3.63, 3.8) is 0 Å². The van der Waals surface area contributed by atoms with Gasteiger partial charge in [-0.25, -0.2) is 0 Å². The molecule has 1 aromatic heterocycles. The number of thiophene rings is 1. The standard InChI is InChI=1S/C16H17ClN2OS/c1-11-13(17)3-2-4-14(11)18-16(20)10-19-7-5-15-12(9-19)6-8-21-15/h2-4,6,8H,5,7,9-10H2,1H3,(H,18,20). The zero-order chi connectivity index (χ0) is 14.8. The Hall–Kier alpha value is -1.36. The molecule has 0 atom stereocenters. The van der Waals surface area contributed by atoms with Crippen molar-refractivity contribution in [3.8, 4) is 0 Å². The Bertz CT molecular complexity index is 668. The van der Waals surface area contributed by atoms with Gasteiger partial charge in [-0.3, -0.25) is 9.69 Å². The minimum Gasteiger partial charge on any atom is -0.325 e. The third-order valence-electron chi connectivity index (χ3n) is 3.80. The zero-order valence-electron chi connectivity index (χ0n) is 11.9. The van der Waals surface area contributed by atoms with Gasteiger partial charge in [0.05, 0.1) is 6.54 Å². The van der Waals surface area contributed by atoms with Gasteiger partial charge >= 0.3 is 0 Å². The lowest BCUT2D eigenvalue weighted by atomic mass is 10.1. The third kappa shape index (κ3) is 3.28. The summed E-state index contributed by atoms with van der Waals surface area (Å²) in [5.74, 6) is 0.0130. The fourth-order valence-corrected chi connectivity index (χ4v) is 3.64. The van der Waals surface area contributed by atoms with E-state index in [1.54, 1.807) is 0 Å². The van der Waals surface area contributed by atoms with Crippen LogP contribution in [0, 0.1) is 6.92 Å². The normalized spacial score (nSPS) is 14.8. The molecule has 110 valence electrons. The minimum atomic E-state index is 0.0130. The first-order valence-corrected chi connectivity index (χ1v) is 8.22. The van der Waals surface area contributed by atoms with Gasteiger partial charge in [-0.15, -0.1) is 11.3 Å². The SMILES string of the molecule is Cc1c(Cl)cccc1NC(=O)CN1CCc2sccc2C1. The fourth-order valence-electron chi connectivity index (χ4n) is 2.58. The minimum absolute atomic E-state index is 0.0130.